The molecule has 0 unspecified atom stereocenters. The molecule has 0 fully saturated rings. The van der Waals surface area contributed by atoms with E-state index in [0.717, 1.165) is 22.5 Å². The zero-order valence-corrected chi connectivity index (χ0v) is 18.7. The molecule has 154 valence electrons. The summed E-state index contributed by atoms with van der Waals surface area (Å²) in [6, 6.07) is 20.4. The Morgan fingerprint density at radius 3 is 2.20 bits per heavy atom. The molecule has 30 heavy (non-hydrogen) atoms. The fourth-order valence-electron chi connectivity index (χ4n) is 3.69. The van der Waals surface area contributed by atoms with E-state index in [2.05, 4.69) is 45.0 Å². The summed E-state index contributed by atoms with van der Waals surface area (Å²) < 4.78 is 13.4. The third-order valence-corrected chi connectivity index (χ3v) is 5.97. The Morgan fingerprint density at radius 2 is 1.60 bits per heavy atom. The van der Waals surface area contributed by atoms with Gasteiger partial charge in [0.1, 0.15) is 5.82 Å². The van der Waals surface area contributed by atoms with Gasteiger partial charge in [-0.3, -0.25) is 5.01 Å². The molecule has 5 heteroatoms. The van der Waals surface area contributed by atoms with Crippen LogP contribution >= 0.6 is 23.2 Å². The van der Waals surface area contributed by atoms with Crippen LogP contribution in [0.3, 0.4) is 0 Å². The van der Waals surface area contributed by atoms with Crippen LogP contribution in [-0.2, 0) is 5.41 Å². The zero-order chi connectivity index (χ0) is 21.5. The highest BCUT2D eigenvalue weighted by Crippen LogP contribution is 2.40. The average Bonchev–Trinajstić information content (AvgIpc) is 3.13. The third kappa shape index (κ3) is 4.23. The van der Waals surface area contributed by atoms with Gasteiger partial charge in [0.25, 0.3) is 0 Å². The molecule has 3 aromatic carbocycles. The van der Waals surface area contributed by atoms with Gasteiger partial charge in [-0.15, -0.1) is 0 Å². The van der Waals surface area contributed by atoms with Gasteiger partial charge < -0.3 is 0 Å². The Kier molecular flexibility index (Phi) is 5.61. The topological polar surface area (TPSA) is 15.6 Å². The molecule has 1 aliphatic heterocycles. The molecular formula is C25H23Cl2FN2. The first-order valence-electron chi connectivity index (χ1n) is 9.90. The van der Waals surface area contributed by atoms with Gasteiger partial charge in [-0.05, 0) is 58.5 Å². The summed E-state index contributed by atoms with van der Waals surface area (Å²) in [6.07, 6.45) is 0.661. The van der Waals surface area contributed by atoms with Gasteiger partial charge >= 0.3 is 0 Å². The molecule has 1 atom stereocenters. The van der Waals surface area contributed by atoms with Crippen molar-refractivity contribution >= 4 is 34.6 Å². The minimum absolute atomic E-state index is 0.0738. The lowest BCUT2D eigenvalue weighted by Crippen LogP contribution is -2.19. The predicted molar refractivity (Wildman–Crippen MR) is 124 cm³/mol. The van der Waals surface area contributed by atoms with E-state index < -0.39 is 0 Å². The fraction of sp³-hybridized carbons (Fsp3) is 0.240. The van der Waals surface area contributed by atoms with Crippen LogP contribution in [0.4, 0.5) is 10.1 Å². The second kappa shape index (κ2) is 8.05. The van der Waals surface area contributed by atoms with Gasteiger partial charge in [0.05, 0.1) is 17.4 Å². The maximum atomic E-state index is 13.4. The molecular weight excluding hydrogens is 418 g/mol. The fourth-order valence-corrected chi connectivity index (χ4v) is 4.23. The third-order valence-electron chi connectivity index (χ3n) is 5.41. The molecule has 4 rings (SSSR count). The van der Waals surface area contributed by atoms with Gasteiger partial charge in [-0.2, -0.15) is 5.10 Å². The van der Waals surface area contributed by atoms with Gasteiger partial charge in [-0.1, -0.05) is 74.3 Å². The smallest absolute Gasteiger partial charge is 0.123 e. The van der Waals surface area contributed by atoms with Crippen LogP contribution < -0.4 is 5.01 Å². The molecule has 0 saturated carbocycles. The molecule has 2 nitrogen and oxygen atoms in total. The molecule has 0 bridgehead atoms. The normalized spacial score (nSPS) is 16.7. The van der Waals surface area contributed by atoms with Crippen LogP contribution in [0.15, 0.2) is 71.8 Å². The minimum atomic E-state index is -0.260. The summed E-state index contributed by atoms with van der Waals surface area (Å²) in [4.78, 5) is 0. The molecule has 0 saturated heterocycles. The molecule has 0 spiro atoms. The van der Waals surface area contributed by atoms with Crippen molar-refractivity contribution in [3.05, 3.63) is 99.3 Å². The van der Waals surface area contributed by atoms with Gasteiger partial charge in [0, 0.05) is 16.5 Å². The molecule has 3 aromatic rings. The number of hydrogen-bond donors (Lipinski definition) is 0. The number of benzene rings is 3. The molecule has 0 aromatic heterocycles. The van der Waals surface area contributed by atoms with Crippen molar-refractivity contribution in [3.8, 4) is 0 Å². The van der Waals surface area contributed by atoms with E-state index in [1.54, 1.807) is 18.2 Å². The lowest BCUT2D eigenvalue weighted by atomic mass is 9.87. The lowest BCUT2D eigenvalue weighted by molar-refractivity contribution is 0.590. The van der Waals surface area contributed by atoms with Crippen LogP contribution in [0.2, 0.25) is 10.0 Å². The summed E-state index contributed by atoms with van der Waals surface area (Å²) in [6.45, 7) is 6.58. The SMILES string of the molecule is CC(C)(C)c1ccc(N2N=C(c3ccc(F)cc3)C[C@@H]2c2ccc(Cl)cc2Cl)cc1. The standard InChI is InChI=1S/C25H23Cl2FN2/c1-25(2,3)17-6-11-20(12-7-17)30-24(21-13-8-18(26)14-22(21)27)15-23(29-30)16-4-9-19(28)10-5-16/h4-14,24H,15H2,1-3H3/t24-/m1/s1. The largest absolute Gasteiger partial charge is 0.257 e. The van der Waals surface area contributed by atoms with Crippen LogP contribution in [-0.4, -0.2) is 5.71 Å². The van der Waals surface area contributed by atoms with Crippen molar-refractivity contribution in [1.29, 1.82) is 0 Å². The number of hydrogen-bond acceptors (Lipinski definition) is 2. The van der Waals surface area contributed by atoms with Crippen molar-refractivity contribution < 1.29 is 4.39 Å². The average molecular weight is 441 g/mol. The van der Waals surface area contributed by atoms with E-state index in [1.807, 2.05) is 17.1 Å². The van der Waals surface area contributed by atoms with E-state index >= 15 is 0 Å². The number of rotatable bonds is 3. The minimum Gasteiger partial charge on any atom is -0.257 e. The predicted octanol–water partition coefficient (Wildman–Crippen LogP) is 7.79. The van der Waals surface area contributed by atoms with Crippen molar-refractivity contribution in [2.75, 3.05) is 5.01 Å². The van der Waals surface area contributed by atoms with Crippen LogP contribution in [0.5, 0.6) is 0 Å². The Balaban J connectivity index is 1.76. The molecule has 0 aliphatic carbocycles. The number of anilines is 1. The number of halogens is 3. The van der Waals surface area contributed by atoms with E-state index in [9.17, 15) is 4.39 Å². The van der Waals surface area contributed by atoms with E-state index in [1.165, 1.54) is 17.7 Å². The van der Waals surface area contributed by atoms with Crippen LogP contribution in [0.25, 0.3) is 0 Å². The summed E-state index contributed by atoms with van der Waals surface area (Å²) in [5, 5.41) is 8.12. The molecule has 1 aliphatic rings. The highest BCUT2D eigenvalue weighted by Gasteiger charge is 2.31. The summed E-state index contributed by atoms with van der Waals surface area (Å²) >= 11 is 12.7. The van der Waals surface area contributed by atoms with E-state index in [0.29, 0.717) is 16.5 Å². The highest BCUT2D eigenvalue weighted by molar-refractivity contribution is 6.35. The van der Waals surface area contributed by atoms with Crippen molar-refractivity contribution in [2.24, 2.45) is 5.10 Å². The molecule has 1 heterocycles. The summed E-state index contributed by atoms with van der Waals surface area (Å²) in [7, 11) is 0. The second-order valence-electron chi connectivity index (χ2n) is 8.58. The Hall–Kier alpha value is -2.36. The maximum absolute atomic E-state index is 13.4. The van der Waals surface area contributed by atoms with Gasteiger partial charge in [0.15, 0.2) is 0 Å². The van der Waals surface area contributed by atoms with E-state index in [-0.39, 0.29) is 17.3 Å². The van der Waals surface area contributed by atoms with Gasteiger partial charge in [0.2, 0.25) is 0 Å². The van der Waals surface area contributed by atoms with Crippen LogP contribution in [0, 0.1) is 5.82 Å². The molecule has 0 N–H and O–H groups in total. The van der Waals surface area contributed by atoms with E-state index in [4.69, 9.17) is 28.3 Å². The number of nitrogens with zero attached hydrogens (tertiary/aromatic N) is 2. The lowest BCUT2D eigenvalue weighted by Gasteiger charge is -2.26. The first kappa shape index (κ1) is 20.9. The summed E-state index contributed by atoms with van der Waals surface area (Å²) in [5.74, 6) is -0.260. The monoisotopic (exact) mass is 440 g/mol. The van der Waals surface area contributed by atoms with Gasteiger partial charge in [-0.25, -0.2) is 4.39 Å². The first-order valence-corrected chi connectivity index (χ1v) is 10.7. The summed E-state index contributed by atoms with van der Waals surface area (Å²) in [5.41, 5.74) is 5.07. The molecule has 0 radical (unpaired) electrons. The number of hydrazone groups is 1. The Bertz CT molecular complexity index is 1080. The van der Waals surface area contributed by atoms with Crippen molar-refractivity contribution in [1.82, 2.24) is 0 Å². The first-order chi connectivity index (χ1) is 14.2. The second-order valence-corrected chi connectivity index (χ2v) is 9.42. The van der Waals surface area contributed by atoms with Crippen LogP contribution in [0.1, 0.15) is 49.9 Å². The quantitative estimate of drug-likeness (QED) is 0.405. The van der Waals surface area contributed by atoms with Crippen molar-refractivity contribution in [3.63, 3.8) is 0 Å². The maximum Gasteiger partial charge on any atom is 0.123 e. The zero-order valence-electron chi connectivity index (χ0n) is 17.2. The Labute approximate surface area is 186 Å². The van der Waals surface area contributed by atoms with Crippen molar-refractivity contribution in [2.45, 2.75) is 38.6 Å². The Morgan fingerprint density at radius 1 is 0.933 bits per heavy atom. The highest BCUT2D eigenvalue weighted by atomic mass is 35.5. The molecule has 0 amide bonds.